The Kier molecular flexibility index (Phi) is 7.10. The van der Waals surface area contributed by atoms with Crippen LogP contribution in [0.1, 0.15) is 10.4 Å². The van der Waals surface area contributed by atoms with Crippen molar-refractivity contribution in [3.05, 3.63) is 78.6 Å². The molecular weight excluding hydrogens is 650 g/mol. The van der Waals surface area contributed by atoms with Crippen molar-refractivity contribution in [2.24, 2.45) is 0 Å². The Balaban J connectivity index is 1.64. The summed E-state index contributed by atoms with van der Waals surface area (Å²) in [5.41, 5.74) is 2.79. The minimum Gasteiger partial charge on any atom is -0.331 e. The first kappa shape index (κ1) is 22.8. The van der Waals surface area contributed by atoms with Gasteiger partial charge in [0.05, 0.1) is 26.5 Å². The summed E-state index contributed by atoms with van der Waals surface area (Å²) in [6.07, 6.45) is 0. The highest BCUT2D eigenvalue weighted by atomic mass is 79.9. The van der Waals surface area contributed by atoms with Gasteiger partial charge in [0, 0.05) is 19.0 Å². The largest absolute Gasteiger partial charge is 0.331 e. The Morgan fingerprint density at radius 2 is 1.81 bits per heavy atom. The van der Waals surface area contributed by atoms with Crippen LogP contribution in [0, 0.1) is 0 Å². The number of thiazole rings is 1. The molecule has 1 heterocycles. The van der Waals surface area contributed by atoms with E-state index < -0.39 is 5.91 Å². The van der Waals surface area contributed by atoms with Crippen molar-refractivity contribution in [2.75, 3.05) is 5.32 Å². The number of fused-ring (bicyclic) bond motifs is 1. The van der Waals surface area contributed by atoms with Crippen molar-refractivity contribution in [2.45, 2.75) is 0 Å². The maximum absolute atomic E-state index is 12.7. The number of carbonyl (C=O) groups is 1. The summed E-state index contributed by atoms with van der Waals surface area (Å²) in [5.74, 6) is -0.404. The summed E-state index contributed by atoms with van der Waals surface area (Å²) in [6, 6.07) is 16.9. The molecule has 0 saturated heterocycles. The van der Waals surface area contributed by atoms with Crippen LogP contribution in [-0.2, 0) is 0 Å². The van der Waals surface area contributed by atoms with Gasteiger partial charge in [-0.05, 0) is 70.6 Å². The summed E-state index contributed by atoms with van der Waals surface area (Å²) in [5, 5.41) is 7.12. The molecule has 1 aromatic heterocycles. The minimum absolute atomic E-state index is 0.145. The van der Waals surface area contributed by atoms with E-state index in [1.54, 1.807) is 29.5 Å². The summed E-state index contributed by atoms with van der Waals surface area (Å²) >= 11 is 23.6. The molecule has 4 nitrogen and oxygen atoms in total. The van der Waals surface area contributed by atoms with E-state index in [4.69, 9.17) is 28.8 Å². The van der Waals surface area contributed by atoms with Crippen molar-refractivity contribution in [1.29, 1.82) is 0 Å². The lowest BCUT2D eigenvalue weighted by Crippen LogP contribution is -2.34. The number of halogens is 4. The second-order valence-corrected chi connectivity index (χ2v) is 10.9. The Morgan fingerprint density at radius 3 is 2.58 bits per heavy atom. The van der Waals surface area contributed by atoms with Crippen molar-refractivity contribution < 1.29 is 4.79 Å². The molecule has 0 radical (unpaired) electrons. The van der Waals surface area contributed by atoms with Gasteiger partial charge in [0.15, 0.2) is 5.11 Å². The summed E-state index contributed by atoms with van der Waals surface area (Å²) in [4.78, 5) is 17.4. The lowest BCUT2D eigenvalue weighted by Gasteiger charge is -2.15. The van der Waals surface area contributed by atoms with Gasteiger partial charge in [-0.25, -0.2) is 4.98 Å². The topological polar surface area (TPSA) is 54.0 Å². The van der Waals surface area contributed by atoms with Gasteiger partial charge in [0.2, 0.25) is 0 Å². The first-order valence-corrected chi connectivity index (χ1v) is 12.7. The first-order valence-electron chi connectivity index (χ1n) is 8.74. The van der Waals surface area contributed by atoms with Crippen LogP contribution in [0.3, 0.4) is 0 Å². The number of benzene rings is 3. The molecule has 0 aliphatic heterocycles. The average molecular weight is 661 g/mol. The molecule has 2 N–H and O–H groups in total. The second-order valence-electron chi connectivity index (χ2n) is 6.33. The van der Waals surface area contributed by atoms with E-state index in [1.165, 1.54) is 0 Å². The Morgan fingerprint density at radius 1 is 1.03 bits per heavy atom. The zero-order valence-corrected chi connectivity index (χ0v) is 22.5. The number of carbonyl (C=O) groups excluding carboxylic acids is 1. The van der Waals surface area contributed by atoms with E-state index in [0.29, 0.717) is 16.3 Å². The Labute approximate surface area is 217 Å². The predicted molar refractivity (Wildman–Crippen MR) is 143 cm³/mol. The number of rotatable bonds is 3. The van der Waals surface area contributed by atoms with Crippen molar-refractivity contribution >= 4 is 110 Å². The van der Waals surface area contributed by atoms with Gasteiger partial charge in [-0.1, -0.05) is 55.6 Å². The molecule has 0 atom stereocenters. The standard InChI is InChI=1S/C21H11Br3ClN3OS2/c22-10-5-6-15(25)12(7-10)19(29)28-21(30)27-18-13(8-11(23)9-14(18)24)20-26-16-3-1-2-4-17(16)31-20/h1-9H,(H2,27,28,29,30). The molecule has 0 aliphatic carbocycles. The zero-order valence-electron chi connectivity index (χ0n) is 15.4. The number of hydrogen-bond donors (Lipinski definition) is 2. The van der Waals surface area contributed by atoms with Crippen LogP contribution in [0.25, 0.3) is 20.8 Å². The predicted octanol–water partition coefficient (Wildman–Crippen LogP) is 8.03. The van der Waals surface area contributed by atoms with Crippen molar-refractivity contribution in [3.8, 4) is 10.6 Å². The van der Waals surface area contributed by atoms with Crippen LogP contribution in [-0.4, -0.2) is 16.0 Å². The van der Waals surface area contributed by atoms with Gasteiger partial charge in [0.25, 0.3) is 5.91 Å². The molecule has 156 valence electrons. The molecule has 0 aliphatic rings. The number of para-hydroxylation sites is 1. The fraction of sp³-hybridized carbons (Fsp3) is 0. The normalized spacial score (nSPS) is 10.8. The van der Waals surface area contributed by atoms with Crippen LogP contribution in [0.4, 0.5) is 5.69 Å². The molecule has 3 aromatic carbocycles. The lowest BCUT2D eigenvalue weighted by molar-refractivity contribution is 0.0978. The van der Waals surface area contributed by atoms with E-state index in [1.807, 2.05) is 36.4 Å². The number of nitrogens with zero attached hydrogens (tertiary/aromatic N) is 1. The van der Waals surface area contributed by atoms with Crippen molar-refractivity contribution in [3.63, 3.8) is 0 Å². The molecule has 0 spiro atoms. The van der Waals surface area contributed by atoms with E-state index in [9.17, 15) is 4.79 Å². The highest BCUT2D eigenvalue weighted by molar-refractivity contribution is 9.11. The van der Waals surface area contributed by atoms with Gasteiger partial charge in [-0.3, -0.25) is 10.1 Å². The quantitative estimate of drug-likeness (QED) is 0.219. The van der Waals surface area contributed by atoms with Gasteiger partial charge in [-0.2, -0.15) is 0 Å². The number of nitrogens with one attached hydrogen (secondary N) is 2. The van der Waals surface area contributed by atoms with Gasteiger partial charge in [-0.15, -0.1) is 11.3 Å². The molecule has 4 aromatic rings. The smallest absolute Gasteiger partial charge is 0.258 e. The SMILES string of the molecule is O=C(NC(=S)Nc1c(Br)cc(Br)cc1-c1nc2ccccc2s1)c1cc(Br)ccc1Cl. The summed E-state index contributed by atoms with van der Waals surface area (Å²) in [6.45, 7) is 0. The third-order valence-corrected chi connectivity index (χ3v) is 7.40. The highest BCUT2D eigenvalue weighted by Gasteiger charge is 2.18. The van der Waals surface area contributed by atoms with Crippen LogP contribution in [0.15, 0.2) is 68.0 Å². The summed E-state index contributed by atoms with van der Waals surface area (Å²) < 4.78 is 3.48. The highest BCUT2D eigenvalue weighted by Crippen LogP contribution is 2.40. The summed E-state index contributed by atoms with van der Waals surface area (Å²) in [7, 11) is 0. The molecule has 31 heavy (non-hydrogen) atoms. The van der Waals surface area contributed by atoms with Crippen LogP contribution < -0.4 is 10.6 Å². The van der Waals surface area contributed by atoms with Gasteiger partial charge >= 0.3 is 0 Å². The van der Waals surface area contributed by atoms with Crippen LogP contribution in [0.2, 0.25) is 5.02 Å². The monoisotopic (exact) mass is 657 g/mol. The maximum atomic E-state index is 12.7. The van der Waals surface area contributed by atoms with E-state index in [-0.39, 0.29) is 5.11 Å². The fourth-order valence-corrected chi connectivity index (χ4v) is 5.92. The second kappa shape index (κ2) is 9.64. The van der Waals surface area contributed by atoms with Gasteiger partial charge in [0.1, 0.15) is 5.01 Å². The first-order chi connectivity index (χ1) is 14.8. The molecule has 0 bridgehead atoms. The third-order valence-electron chi connectivity index (χ3n) is 4.22. The number of hydrogen-bond acceptors (Lipinski definition) is 4. The minimum atomic E-state index is -0.404. The fourth-order valence-electron chi connectivity index (χ4n) is 2.84. The van der Waals surface area contributed by atoms with E-state index in [2.05, 4.69) is 58.4 Å². The average Bonchev–Trinajstić information content (AvgIpc) is 3.15. The maximum Gasteiger partial charge on any atom is 0.258 e. The van der Waals surface area contributed by atoms with Gasteiger partial charge < -0.3 is 5.32 Å². The van der Waals surface area contributed by atoms with Crippen LogP contribution >= 0.6 is 82.9 Å². The molecule has 10 heteroatoms. The molecule has 0 unspecified atom stereocenters. The van der Waals surface area contributed by atoms with E-state index >= 15 is 0 Å². The molecule has 0 saturated carbocycles. The van der Waals surface area contributed by atoms with Crippen LogP contribution in [0.5, 0.6) is 0 Å². The number of anilines is 1. The van der Waals surface area contributed by atoms with Crippen molar-refractivity contribution in [1.82, 2.24) is 10.3 Å². The molecule has 4 rings (SSSR count). The zero-order chi connectivity index (χ0) is 22.1. The number of amides is 1. The third kappa shape index (κ3) is 5.18. The Bertz CT molecular complexity index is 1310. The lowest BCUT2D eigenvalue weighted by atomic mass is 10.2. The number of aromatic nitrogens is 1. The molecule has 0 fully saturated rings. The van der Waals surface area contributed by atoms with E-state index in [0.717, 1.165) is 34.2 Å². The molecule has 1 amide bonds. The Hall–Kier alpha value is -1.36. The molecular formula is C21H11Br3ClN3OS2. The number of thiocarbonyl (C=S) groups is 1.